The molecular weight excluding hydrogens is 228 g/mol. The summed E-state index contributed by atoms with van der Waals surface area (Å²) < 4.78 is 28.6. The molecule has 1 saturated heterocycles. The van der Waals surface area contributed by atoms with E-state index in [1.165, 1.54) is 0 Å². The Kier molecular flexibility index (Phi) is 3.30. The number of nitrogens with two attached hydrogens (primary N) is 1. The number of aromatic nitrogens is 1. The Morgan fingerprint density at radius 3 is 3.00 bits per heavy atom. The van der Waals surface area contributed by atoms with Crippen molar-refractivity contribution in [3.63, 3.8) is 0 Å². The monoisotopic (exact) mass is 244 g/mol. The largest absolute Gasteiger partial charge is 0.446 e. The Morgan fingerprint density at radius 2 is 2.38 bits per heavy atom. The number of rotatable bonds is 4. The Hall–Kier alpha value is -0.880. The molecule has 2 heterocycles. The molecule has 1 aliphatic rings. The molecule has 16 heavy (non-hydrogen) atoms. The summed E-state index contributed by atoms with van der Waals surface area (Å²) in [5.74, 6) is 1.54. The van der Waals surface area contributed by atoms with Gasteiger partial charge in [0.2, 0.25) is 0 Å². The first-order chi connectivity index (χ1) is 7.62. The fraction of sp³-hybridized carbons (Fsp3) is 0.700. The van der Waals surface area contributed by atoms with Crippen LogP contribution in [0.2, 0.25) is 0 Å². The molecule has 1 aliphatic heterocycles. The van der Waals surface area contributed by atoms with Gasteiger partial charge in [-0.2, -0.15) is 0 Å². The summed E-state index contributed by atoms with van der Waals surface area (Å²) in [6.07, 6.45) is 4.14. The van der Waals surface area contributed by atoms with Crippen LogP contribution >= 0.6 is 0 Å². The molecule has 1 unspecified atom stereocenters. The van der Waals surface area contributed by atoms with E-state index in [1.54, 1.807) is 6.20 Å². The molecule has 0 saturated carbocycles. The number of nitrogens with zero attached hydrogens (tertiary/aromatic N) is 1. The minimum atomic E-state index is -2.91. The second kappa shape index (κ2) is 4.55. The number of sulfone groups is 1. The van der Waals surface area contributed by atoms with Gasteiger partial charge in [-0.1, -0.05) is 0 Å². The SMILES string of the molecule is NCCc1cnc(CC2CCCS2(=O)=O)o1. The van der Waals surface area contributed by atoms with Gasteiger partial charge < -0.3 is 10.2 Å². The number of oxazole rings is 1. The highest BCUT2D eigenvalue weighted by atomic mass is 32.2. The maximum atomic E-state index is 11.6. The second-order valence-corrected chi connectivity index (χ2v) is 6.49. The lowest BCUT2D eigenvalue weighted by Crippen LogP contribution is -2.18. The van der Waals surface area contributed by atoms with Crippen LogP contribution in [-0.2, 0) is 22.7 Å². The minimum absolute atomic E-state index is 0.300. The molecule has 1 aromatic rings. The molecule has 2 rings (SSSR count). The quantitative estimate of drug-likeness (QED) is 0.823. The summed E-state index contributed by atoms with van der Waals surface area (Å²) in [6.45, 7) is 0.510. The van der Waals surface area contributed by atoms with E-state index in [9.17, 15) is 8.42 Å². The molecule has 0 radical (unpaired) electrons. The summed E-state index contributed by atoms with van der Waals surface area (Å²) in [4.78, 5) is 4.08. The van der Waals surface area contributed by atoms with Crippen LogP contribution in [0.5, 0.6) is 0 Å². The Balaban J connectivity index is 2.03. The van der Waals surface area contributed by atoms with Crippen molar-refractivity contribution in [2.24, 2.45) is 5.73 Å². The van der Waals surface area contributed by atoms with Gasteiger partial charge in [-0.3, -0.25) is 0 Å². The average Bonchev–Trinajstić information content (AvgIpc) is 2.76. The fourth-order valence-electron chi connectivity index (χ4n) is 1.98. The van der Waals surface area contributed by atoms with Gasteiger partial charge in [0.25, 0.3) is 0 Å². The predicted octanol–water partition coefficient (Wildman–Crippen LogP) is 0.295. The lowest BCUT2D eigenvalue weighted by molar-refractivity contribution is 0.448. The third-order valence-electron chi connectivity index (χ3n) is 2.86. The van der Waals surface area contributed by atoms with Gasteiger partial charge in [-0.05, 0) is 19.4 Å². The maximum absolute atomic E-state index is 11.6. The molecule has 0 amide bonds. The van der Waals surface area contributed by atoms with Crippen LogP contribution in [0.25, 0.3) is 0 Å². The highest BCUT2D eigenvalue weighted by Gasteiger charge is 2.32. The van der Waals surface area contributed by atoms with Crippen molar-refractivity contribution < 1.29 is 12.8 Å². The van der Waals surface area contributed by atoms with E-state index in [0.717, 1.165) is 18.6 Å². The summed E-state index contributed by atoms with van der Waals surface area (Å²) >= 11 is 0. The zero-order valence-corrected chi connectivity index (χ0v) is 9.87. The normalized spacial score (nSPS) is 23.7. The average molecular weight is 244 g/mol. The summed E-state index contributed by atoms with van der Waals surface area (Å²) in [6, 6.07) is 0. The molecule has 1 fully saturated rings. The van der Waals surface area contributed by atoms with Gasteiger partial charge in [-0.15, -0.1) is 0 Å². The molecule has 5 nitrogen and oxygen atoms in total. The smallest absolute Gasteiger partial charge is 0.195 e. The molecule has 6 heteroatoms. The van der Waals surface area contributed by atoms with Crippen molar-refractivity contribution in [1.82, 2.24) is 4.98 Å². The van der Waals surface area contributed by atoms with E-state index in [0.29, 0.717) is 31.0 Å². The molecule has 1 atom stereocenters. The third kappa shape index (κ3) is 2.44. The van der Waals surface area contributed by atoms with Gasteiger partial charge in [0.1, 0.15) is 5.76 Å². The molecule has 0 bridgehead atoms. The van der Waals surface area contributed by atoms with Crippen LogP contribution in [0.1, 0.15) is 24.5 Å². The van der Waals surface area contributed by atoms with Gasteiger partial charge in [-0.25, -0.2) is 13.4 Å². The van der Waals surface area contributed by atoms with Crippen molar-refractivity contribution in [3.05, 3.63) is 17.8 Å². The van der Waals surface area contributed by atoms with E-state index in [2.05, 4.69) is 4.98 Å². The van der Waals surface area contributed by atoms with Gasteiger partial charge in [0.15, 0.2) is 15.7 Å². The van der Waals surface area contributed by atoms with Crippen molar-refractivity contribution in [1.29, 1.82) is 0 Å². The van der Waals surface area contributed by atoms with Gasteiger partial charge in [0, 0.05) is 12.8 Å². The minimum Gasteiger partial charge on any atom is -0.446 e. The second-order valence-electron chi connectivity index (χ2n) is 4.09. The molecule has 90 valence electrons. The molecule has 0 spiro atoms. The lowest BCUT2D eigenvalue weighted by atomic mass is 10.2. The molecule has 1 aromatic heterocycles. The first kappa shape index (κ1) is 11.6. The summed E-state index contributed by atoms with van der Waals surface area (Å²) in [7, 11) is -2.91. The molecule has 0 aliphatic carbocycles. The highest BCUT2D eigenvalue weighted by molar-refractivity contribution is 7.92. The van der Waals surface area contributed by atoms with Crippen molar-refractivity contribution in [2.75, 3.05) is 12.3 Å². The first-order valence-corrected chi connectivity index (χ1v) is 7.18. The number of hydrogen-bond acceptors (Lipinski definition) is 5. The zero-order chi connectivity index (χ0) is 11.6. The van der Waals surface area contributed by atoms with Crippen LogP contribution in [0, 0.1) is 0 Å². The standard InChI is InChI=1S/C10H16N2O3S/c11-4-3-8-7-12-10(15-8)6-9-2-1-5-16(9,13)14/h7,9H,1-6,11H2. The van der Waals surface area contributed by atoms with Crippen LogP contribution in [-0.4, -0.2) is 30.9 Å². The van der Waals surface area contributed by atoms with E-state index < -0.39 is 9.84 Å². The van der Waals surface area contributed by atoms with E-state index in [-0.39, 0.29) is 5.25 Å². The van der Waals surface area contributed by atoms with E-state index in [1.807, 2.05) is 0 Å². The maximum Gasteiger partial charge on any atom is 0.195 e. The summed E-state index contributed by atoms with van der Waals surface area (Å²) in [5.41, 5.74) is 5.39. The fourth-order valence-corrected chi connectivity index (χ4v) is 3.81. The van der Waals surface area contributed by atoms with Crippen LogP contribution in [0.3, 0.4) is 0 Å². The molecule has 0 aromatic carbocycles. The summed E-state index contributed by atoms with van der Waals surface area (Å²) in [5, 5.41) is -0.308. The Morgan fingerprint density at radius 1 is 1.56 bits per heavy atom. The van der Waals surface area contributed by atoms with E-state index in [4.69, 9.17) is 10.2 Å². The molecular formula is C10H16N2O3S. The highest BCUT2D eigenvalue weighted by Crippen LogP contribution is 2.23. The van der Waals surface area contributed by atoms with Gasteiger partial charge >= 0.3 is 0 Å². The zero-order valence-electron chi connectivity index (χ0n) is 9.05. The first-order valence-electron chi connectivity index (χ1n) is 5.47. The van der Waals surface area contributed by atoms with E-state index >= 15 is 0 Å². The number of hydrogen-bond donors (Lipinski definition) is 1. The van der Waals surface area contributed by atoms with Gasteiger partial charge in [0.05, 0.1) is 17.2 Å². The Labute approximate surface area is 95.0 Å². The third-order valence-corrected chi connectivity index (χ3v) is 5.13. The van der Waals surface area contributed by atoms with Crippen LogP contribution in [0.15, 0.2) is 10.6 Å². The Bertz CT molecular complexity index is 452. The van der Waals surface area contributed by atoms with Crippen molar-refractivity contribution >= 4 is 9.84 Å². The van der Waals surface area contributed by atoms with Crippen molar-refractivity contribution in [3.8, 4) is 0 Å². The molecule has 2 N–H and O–H groups in total. The van der Waals surface area contributed by atoms with Crippen LogP contribution in [0.4, 0.5) is 0 Å². The topological polar surface area (TPSA) is 86.2 Å². The van der Waals surface area contributed by atoms with Crippen molar-refractivity contribution in [2.45, 2.75) is 30.9 Å². The van der Waals surface area contributed by atoms with Crippen LogP contribution < -0.4 is 5.73 Å². The lowest BCUT2D eigenvalue weighted by Gasteiger charge is -2.05. The predicted molar refractivity (Wildman–Crippen MR) is 59.8 cm³/mol.